The molecule has 2 aromatic carbocycles. The predicted molar refractivity (Wildman–Crippen MR) is 89.1 cm³/mol. The van der Waals surface area contributed by atoms with Crippen molar-refractivity contribution in [1.29, 1.82) is 0 Å². The number of hydrogen-bond acceptors (Lipinski definition) is 3. The highest BCUT2D eigenvalue weighted by atomic mass is 16.5. The molecular formula is C19H23NO2. The molecule has 0 saturated heterocycles. The average molecular weight is 297 g/mol. The van der Waals surface area contributed by atoms with Crippen molar-refractivity contribution in [1.82, 2.24) is 0 Å². The Morgan fingerprint density at radius 3 is 2.45 bits per heavy atom. The molecule has 0 spiro atoms. The zero-order chi connectivity index (χ0) is 15.2. The van der Waals surface area contributed by atoms with Gasteiger partial charge in [0, 0.05) is 11.8 Å². The van der Waals surface area contributed by atoms with Crippen LogP contribution in [-0.4, -0.2) is 6.10 Å². The fourth-order valence-electron chi connectivity index (χ4n) is 2.83. The van der Waals surface area contributed by atoms with Crippen LogP contribution in [0.25, 0.3) is 0 Å². The summed E-state index contributed by atoms with van der Waals surface area (Å²) in [6.45, 7) is 0.519. The minimum Gasteiger partial charge on any atom is -0.487 e. The van der Waals surface area contributed by atoms with E-state index in [0.717, 1.165) is 29.9 Å². The van der Waals surface area contributed by atoms with Crippen molar-refractivity contribution in [2.45, 2.75) is 44.8 Å². The summed E-state index contributed by atoms with van der Waals surface area (Å²) in [5.74, 6) is 1.53. The maximum Gasteiger partial charge on any atom is 0.163 e. The third-order valence-corrected chi connectivity index (χ3v) is 4.05. The highest BCUT2D eigenvalue weighted by Gasteiger charge is 2.17. The standard InChI is InChI=1S/C19H23NO2/c20-16-11-12-18(22-17-9-5-2-6-10-17)19(13-16)21-14-15-7-3-1-4-8-15/h1,3-4,7-8,11-13,17H,2,5-6,9-10,14,20H2. The van der Waals surface area contributed by atoms with Crippen molar-refractivity contribution in [2.75, 3.05) is 5.73 Å². The van der Waals surface area contributed by atoms with Gasteiger partial charge in [-0.25, -0.2) is 0 Å². The first-order chi connectivity index (χ1) is 10.8. The lowest BCUT2D eigenvalue weighted by molar-refractivity contribution is 0.146. The largest absolute Gasteiger partial charge is 0.487 e. The summed E-state index contributed by atoms with van der Waals surface area (Å²) < 4.78 is 12.1. The summed E-state index contributed by atoms with van der Waals surface area (Å²) in [4.78, 5) is 0. The van der Waals surface area contributed by atoms with E-state index in [4.69, 9.17) is 15.2 Å². The molecule has 0 radical (unpaired) electrons. The molecule has 0 amide bonds. The third-order valence-electron chi connectivity index (χ3n) is 4.05. The highest BCUT2D eigenvalue weighted by molar-refractivity contribution is 5.52. The molecule has 2 aromatic rings. The minimum atomic E-state index is 0.302. The molecule has 0 atom stereocenters. The lowest BCUT2D eigenvalue weighted by Crippen LogP contribution is -2.20. The van der Waals surface area contributed by atoms with Gasteiger partial charge >= 0.3 is 0 Å². The van der Waals surface area contributed by atoms with Gasteiger partial charge in [-0.3, -0.25) is 0 Å². The number of nitrogens with two attached hydrogens (primary N) is 1. The summed E-state index contributed by atoms with van der Waals surface area (Å²) in [5, 5.41) is 0. The first-order valence-corrected chi connectivity index (χ1v) is 8.04. The second-order valence-electron chi connectivity index (χ2n) is 5.86. The average Bonchev–Trinajstić information content (AvgIpc) is 2.57. The molecule has 1 fully saturated rings. The molecule has 2 N–H and O–H groups in total. The van der Waals surface area contributed by atoms with Gasteiger partial charge < -0.3 is 15.2 Å². The van der Waals surface area contributed by atoms with Gasteiger partial charge in [0.25, 0.3) is 0 Å². The summed E-state index contributed by atoms with van der Waals surface area (Å²) in [5.41, 5.74) is 7.72. The summed E-state index contributed by atoms with van der Waals surface area (Å²) in [6, 6.07) is 15.8. The van der Waals surface area contributed by atoms with E-state index < -0.39 is 0 Å². The zero-order valence-electron chi connectivity index (χ0n) is 12.8. The Labute approximate surface area is 132 Å². The monoisotopic (exact) mass is 297 g/mol. The van der Waals surface area contributed by atoms with Crippen molar-refractivity contribution in [3.8, 4) is 11.5 Å². The van der Waals surface area contributed by atoms with E-state index in [0.29, 0.717) is 18.4 Å². The maximum atomic E-state index is 6.15. The smallest absolute Gasteiger partial charge is 0.163 e. The Morgan fingerprint density at radius 2 is 1.68 bits per heavy atom. The normalized spacial score (nSPS) is 15.5. The van der Waals surface area contributed by atoms with Gasteiger partial charge in [-0.2, -0.15) is 0 Å². The van der Waals surface area contributed by atoms with Gasteiger partial charge in [0.2, 0.25) is 0 Å². The minimum absolute atomic E-state index is 0.302. The number of nitrogen functional groups attached to an aromatic ring is 1. The molecule has 1 aliphatic carbocycles. The van der Waals surface area contributed by atoms with E-state index in [-0.39, 0.29) is 0 Å². The van der Waals surface area contributed by atoms with Crippen molar-refractivity contribution in [2.24, 2.45) is 0 Å². The second-order valence-corrected chi connectivity index (χ2v) is 5.86. The van der Waals surface area contributed by atoms with Crippen LogP contribution in [0.1, 0.15) is 37.7 Å². The lowest BCUT2D eigenvalue weighted by Gasteiger charge is -2.24. The first-order valence-electron chi connectivity index (χ1n) is 8.04. The molecule has 3 heteroatoms. The lowest BCUT2D eigenvalue weighted by atomic mass is 9.98. The Morgan fingerprint density at radius 1 is 0.909 bits per heavy atom. The van der Waals surface area contributed by atoms with Crippen LogP contribution in [0.4, 0.5) is 5.69 Å². The number of hydrogen-bond donors (Lipinski definition) is 1. The Balaban J connectivity index is 1.69. The van der Waals surface area contributed by atoms with Crippen LogP contribution >= 0.6 is 0 Å². The highest BCUT2D eigenvalue weighted by Crippen LogP contribution is 2.33. The van der Waals surface area contributed by atoms with Gasteiger partial charge in [-0.05, 0) is 43.4 Å². The van der Waals surface area contributed by atoms with Crippen LogP contribution in [0.3, 0.4) is 0 Å². The van der Waals surface area contributed by atoms with E-state index in [1.54, 1.807) is 0 Å². The zero-order valence-corrected chi connectivity index (χ0v) is 12.8. The predicted octanol–water partition coefficient (Wildman–Crippen LogP) is 4.56. The van der Waals surface area contributed by atoms with Crippen LogP contribution in [0.15, 0.2) is 48.5 Å². The summed E-state index contributed by atoms with van der Waals surface area (Å²) in [7, 11) is 0. The SMILES string of the molecule is Nc1ccc(OC2CCCCC2)c(OCc2ccccc2)c1. The van der Waals surface area contributed by atoms with Gasteiger partial charge in [-0.15, -0.1) is 0 Å². The molecule has 1 aliphatic rings. The Bertz CT molecular complexity index is 592. The number of rotatable bonds is 5. The summed E-state index contributed by atoms with van der Waals surface area (Å²) >= 11 is 0. The van der Waals surface area contributed by atoms with Gasteiger partial charge in [0.15, 0.2) is 11.5 Å². The second kappa shape index (κ2) is 7.21. The van der Waals surface area contributed by atoms with Crippen LogP contribution < -0.4 is 15.2 Å². The van der Waals surface area contributed by atoms with Crippen LogP contribution in [0.5, 0.6) is 11.5 Å². The van der Waals surface area contributed by atoms with Gasteiger partial charge in [-0.1, -0.05) is 36.8 Å². The Hall–Kier alpha value is -2.16. The van der Waals surface area contributed by atoms with E-state index in [9.17, 15) is 0 Å². The van der Waals surface area contributed by atoms with E-state index >= 15 is 0 Å². The fraction of sp³-hybridized carbons (Fsp3) is 0.368. The molecule has 3 nitrogen and oxygen atoms in total. The van der Waals surface area contributed by atoms with Crippen LogP contribution in [-0.2, 0) is 6.61 Å². The first kappa shape index (κ1) is 14.8. The van der Waals surface area contributed by atoms with E-state index in [2.05, 4.69) is 0 Å². The van der Waals surface area contributed by atoms with Crippen molar-refractivity contribution < 1.29 is 9.47 Å². The molecule has 22 heavy (non-hydrogen) atoms. The quantitative estimate of drug-likeness (QED) is 0.823. The van der Waals surface area contributed by atoms with Gasteiger partial charge in [0.05, 0.1) is 6.10 Å². The fourth-order valence-corrected chi connectivity index (χ4v) is 2.83. The molecule has 0 bridgehead atoms. The molecule has 116 valence electrons. The van der Waals surface area contributed by atoms with Crippen molar-refractivity contribution in [3.63, 3.8) is 0 Å². The Kier molecular flexibility index (Phi) is 4.84. The van der Waals surface area contributed by atoms with Crippen molar-refractivity contribution >= 4 is 5.69 Å². The molecule has 1 saturated carbocycles. The summed E-state index contributed by atoms with van der Waals surface area (Å²) in [6.07, 6.45) is 6.38. The van der Waals surface area contributed by atoms with Crippen molar-refractivity contribution in [3.05, 3.63) is 54.1 Å². The molecule has 0 aliphatic heterocycles. The topological polar surface area (TPSA) is 44.5 Å². The van der Waals surface area contributed by atoms with Crippen LogP contribution in [0.2, 0.25) is 0 Å². The molecule has 0 aromatic heterocycles. The number of anilines is 1. The van der Waals surface area contributed by atoms with E-state index in [1.165, 1.54) is 19.3 Å². The van der Waals surface area contributed by atoms with Crippen LogP contribution in [0, 0.1) is 0 Å². The number of ether oxygens (including phenoxy) is 2. The molecule has 3 rings (SSSR count). The maximum absolute atomic E-state index is 6.15. The molecule has 0 unspecified atom stereocenters. The molecule has 0 heterocycles. The third kappa shape index (κ3) is 3.94. The van der Waals surface area contributed by atoms with Gasteiger partial charge in [0.1, 0.15) is 6.61 Å². The molecular weight excluding hydrogens is 274 g/mol. The van der Waals surface area contributed by atoms with E-state index in [1.807, 2.05) is 48.5 Å². The number of benzene rings is 2.